The van der Waals surface area contributed by atoms with Crippen LogP contribution >= 0.6 is 11.6 Å². The first kappa shape index (κ1) is 16.8. The molecule has 1 aromatic heterocycles. The highest BCUT2D eigenvalue weighted by atomic mass is 35.5. The maximum atomic E-state index is 12.1. The molecule has 1 unspecified atom stereocenters. The SMILES string of the molecule is CC1CCCN(c2ccc(NC(=O)Cc3ccc(Cl)cc3)nc2)C1. The molecule has 1 fully saturated rings. The Kier molecular flexibility index (Phi) is 5.36. The van der Waals surface area contributed by atoms with Crippen molar-refractivity contribution in [3.8, 4) is 0 Å². The molecule has 0 radical (unpaired) electrons. The van der Waals surface area contributed by atoms with Gasteiger partial charge in [-0.25, -0.2) is 4.98 Å². The van der Waals surface area contributed by atoms with Gasteiger partial charge in [-0.1, -0.05) is 30.7 Å². The van der Waals surface area contributed by atoms with Crippen molar-refractivity contribution < 1.29 is 4.79 Å². The van der Waals surface area contributed by atoms with E-state index in [9.17, 15) is 4.79 Å². The van der Waals surface area contributed by atoms with Crippen molar-refractivity contribution in [2.75, 3.05) is 23.3 Å². The van der Waals surface area contributed by atoms with Crippen molar-refractivity contribution in [1.82, 2.24) is 4.98 Å². The minimum Gasteiger partial charge on any atom is -0.370 e. The molecule has 2 heterocycles. The number of nitrogens with zero attached hydrogens (tertiary/aromatic N) is 2. The molecule has 1 aliphatic rings. The molecular formula is C19H22ClN3O. The van der Waals surface area contributed by atoms with Gasteiger partial charge in [-0.3, -0.25) is 4.79 Å². The highest BCUT2D eigenvalue weighted by Gasteiger charge is 2.16. The maximum Gasteiger partial charge on any atom is 0.229 e. The summed E-state index contributed by atoms with van der Waals surface area (Å²) in [5.41, 5.74) is 2.05. The fraction of sp³-hybridized carbons (Fsp3) is 0.368. The third-order valence-electron chi connectivity index (χ3n) is 4.32. The number of benzene rings is 1. The molecule has 5 heteroatoms. The Labute approximate surface area is 147 Å². The van der Waals surface area contributed by atoms with Gasteiger partial charge < -0.3 is 10.2 Å². The quantitative estimate of drug-likeness (QED) is 0.906. The summed E-state index contributed by atoms with van der Waals surface area (Å²) < 4.78 is 0. The lowest BCUT2D eigenvalue weighted by Gasteiger charge is -2.32. The number of rotatable bonds is 4. The van der Waals surface area contributed by atoms with Crippen molar-refractivity contribution >= 4 is 29.0 Å². The Morgan fingerprint density at radius 2 is 2.08 bits per heavy atom. The van der Waals surface area contributed by atoms with Gasteiger partial charge in [-0.05, 0) is 48.6 Å². The van der Waals surface area contributed by atoms with Crippen LogP contribution in [0.1, 0.15) is 25.3 Å². The summed E-state index contributed by atoms with van der Waals surface area (Å²) in [6, 6.07) is 11.2. The molecule has 24 heavy (non-hydrogen) atoms. The molecule has 1 aromatic carbocycles. The van der Waals surface area contributed by atoms with E-state index >= 15 is 0 Å². The van der Waals surface area contributed by atoms with Crippen molar-refractivity contribution in [2.45, 2.75) is 26.2 Å². The third kappa shape index (κ3) is 4.48. The van der Waals surface area contributed by atoms with Gasteiger partial charge in [-0.15, -0.1) is 0 Å². The predicted molar refractivity (Wildman–Crippen MR) is 98.6 cm³/mol. The molecule has 1 N–H and O–H groups in total. The van der Waals surface area contributed by atoms with Crippen LogP contribution in [-0.2, 0) is 11.2 Å². The summed E-state index contributed by atoms with van der Waals surface area (Å²) in [5.74, 6) is 1.23. The normalized spacial score (nSPS) is 17.6. The highest BCUT2D eigenvalue weighted by Crippen LogP contribution is 2.23. The van der Waals surface area contributed by atoms with E-state index < -0.39 is 0 Å². The number of halogens is 1. The average Bonchev–Trinajstić information content (AvgIpc) is 2.58. The third-order valence-corrected chi connectivity index (χ3v) is 4.57. The number of amides is 1. The highest BCUT2D eigenvalue weighted by molar-refractivity contribution is 6.30. The number of piperidine rings is 1. The first-order valence-corrected chi connectivity index (χ1v) is 8.73. The van der Waals surface area contributed by atoms with E-state index in [1.807, 2.05) is 30.5 Å². The molecule has 0 saturated carbocycles. The number of carbonyl (C=O) groups is 1. The van der Waals surface area contributed by atoms with Crippen molar-refractivity contribution in [3.05, 3.63) is 53.2 Å². The number of carbonyl (C=O) groups excluding carboxylic acids is 1. The number of pyridine rings is 1. The molecule has 1 amide bonds. The Bertz CT molecular complexity index is 685. The molecule has 0 aliphatic carbocycles. The molecule has 3 rings (SSSR count). The number of hydrogen-bond donors (Lipinski definition) is 1. The van der Waals surface area contributed by atoms with E-state index in [0.29, 0.717) is 17.3 Å². The van der Waals surface area contributed by atoms with Crippen LogP contribution in [0.4, 0.5) is 11.5 Å². The lowest BCUT2D eigenvalue weighted by Crippen LogP contribution is -2.34. The lowest BCUT2D eigenvalue weighted by atomic mass is 10.00. The second-order valence-corrected chi connectivity index (χ2v) is 6.88. The van der Waals surface area contributed by atoms with Gasteiger partial charge in [0.2, 0.25) is 5.91 Å². The van der Waals surface area contributed by atoms with Crippen LogP contribution in [0.25, 0.3) is 0 Å². The fourth-order valence-electron chi connectivity index (χ4n) is 3.05. The molecule has 1 saturated heterocycles. The zero-order valence-electron chi connectivity index (χ0n) is 13.8. The second-order valence-electron chi connectivity index (χ2n) is 6.45. The zero-order chi connectivity index (χ0) is 16.9. The lowest BCUT2D eigenvalue weighted by molar-refractivity contribution is -0.115. The van der Waals surface area contributed by atoms with Gasteiger partial charge in [0.05, 0.1) is 18.3 Å². The second kappa shape index (κ2) is 7.67. The molecular weight excluding hydrogens is 322 g/mol. The van der Waals surface area contributed by atoms with Crippen LogP contribution in [0.3, 0.4) is 0 Å². The molecule has 1 atom stereocenters. The van der Waals surface area contributed by atoms with Crippen LogP contribution < -0.4 is 10.2 Å². The predicted octanol–water partition coefficient (Wildman–Crippen LogP) is 4.15. The van der Waals surface area contributed by atoms with Crippen LogP contribution in [0.15, 0.2) is 42.6 Å². The Morgan fingerprint density at radius 3 is 2.75 bits per heavy atom. The summed E-state index contributed by atoms with van der Waals surface area (Å²) in [4.78, 5) is 18.8. The Balaban J connectivity index is 1.57. The molecule has 126 valence electrons. The van der Waals surface area contributed by atoms with Gasteiger partial charge in [0.15, 0.2) is 0 Å². The van der Waals surface area contributed by atoms with Crippen LogP contribution in [-0.4, -0.2) is 24.0 Å². The summed E-state index contributed by atoms with van der Waals surface area (Å²) >= 11 is 5.85. The summed E-state index contributed by atoms with van der Waals surface area (Å²) in [6.45, 7) is 4.43. The number of hydrogen-bond acceptors (Lipinski definition) is 3. The van der Waals surface area contributed by atoms with E-state index in [0.717, 1.165) is 30.3 Å². The average molecular weight is 344 g/mol. The maximum absolute atomic E-state index is 12.1. The van der Waals surface area contributed by atoms with E-state index in [1.54, 1.807) is 12.1 Å². The van der Waals surface area contributed by atoms with E-state index in [4.69, 9.17) is 11.6 Å². The largest absolute Gasteiger partial charge is 0.370 e. The topological polar surface area (TPSA) is 45.2 Å². The minimum absolute atomic E-state index is 0.0795. The number of nitrogens with one attached hydrogen (secondary N) is 1. The van der Waals surface area contributed by atoms with Crippen molar-refractivity contribution in [2.24, 2.45) is 5.92 Å². The van der Waals surface area contributed by atoms with Gasteiger partial charge >= 0.3 is 0 Å². The van der Waals surface area contributed by atoms with Gasteiger partial charge in [0, 0.05) is 18.1 Å². The van der Waals surface area contributed by atoms with Crippen LogP contribution in [0.2, 0.25) is 5.02 Å². The van der Waals surface area contributed by atoms with Crippen molar-refractivity contribution in [1.29, 1.82) is 0 Å². The summed E-state index contributed by atoms with van der Waals surface area (Å²) in [6.07, 6.45) is 4.67. The Morgan fingerprint density at radius 1 is 1.29 bits per heavy atom. The van der Waals surface area contributed by atoms with Crippen LogP contribution in [0.5, 0.6) is 0 Å². The summed E-state index contributed by atoms with van der Waals surface area (Å²) in [7, 11) is 0. The van der Waals surface area contributed by atoms with E-state index in [2.05, 4.69) is 22.1 Å². The van der Waals surface area contributed by atoms with Gasteiger partial charge in [0.25, 0.3) is 0 Å². The fourth-order valence-corrected chi connectivity index (χ4v) is 3.17. The zero-order valence-corrected chi connectivity index (χ0v) is 14.6. The smallest absolute Gasteiger partial charge is 0.229 e. The van der Waals surface area contributed by atoms with Crippen molar-refractivity contribution in [3.63, 3.8) is 0 Å². The minimum atomic E-state index is -0.0795. The number of aromatic nitrogens is 1. The monoisotopic (exact) mass is 343 g/mol. The molecule has 4 nitrogen and oxygen atoms in total. The first-order valence-electron chi connectivity index (χ1n) is 8.35. The molecule has 2 aromatic rings. The van der Waals surface area contributed by atoms with E-state index in [-0.39, 0.29) is 5.91 Å². The summed E-state index contributed by atoms with van der Waals surface area (Å²) in [5, 5.41) is 3.51. The standard InChI is InChI=1S/C19H22ClN3O/c1-14-3-2-10-23(13-14)17-8-9-18(21-12-17)22-19(24)11-15-4-6-16(20)7-5-15/h4-9,12,14H,2-3,10-11,13H2,1H3,(H,21,22,24). The Hall–Kier alpha value is -2.07. The molecule has 1 aliphatic heterocycles. The van der Waals surface area contributed by atoms with Crippen LogP contribution in [0, 0.1) is 5.92 Å². The molecule has 0 spiro atoms. The van der Waals surface area contributed by atoms with Gasteiger partial charge in [0.1, 0.15) is 5.82 Å². The first-order chi connectivity index (χ1) is 11.6. The van der Waals surface area contributed by atoms with Gasteiger partial charge in [-0.2, -0.15) is 0 Å². The molecule has 0 bridgehead atoms. The number of anilines is 2. The van der Waals surface area contributed by atoms with E-state index in [1.165, 1.54) is 12.8 Å².